The predicted octanol–water partition coefficient (Wildman–Crippen LogP) is 3.35. The second-order valence-electron chi connectivity index (χ2n) is 4.64. The van der Waals surface area contributed by atoms with Crippen LogP contribution in [0.4, 0.5) is 5.69 Å². The lowest BCUT2D eigenvalue weighted by Gasteiger charge is -2.29. The van der Waals surface area contributed by atoms with Gasteiger partial charge in [0.25, 0.3) is 0 Å². The highest BCUT2D eigenvalue weighted by Crippen LogP contribution is 2.38. The second-order valence-corrected chi connectivity index (χ2v) is 4.64. The highest BCUT2D eigenvalue weighted by atomic mass is 14.7. The van der Waals surface area contributed by atoms with Gasteiger partial charge in [-0.1, -0.05) is 26.2 Å². The summed E-state index contributed by atoms with van der Waals surface area (Å²) in [6, 6.07) is 1.92. The first-order valence-electron chi connectivity index (χ1n) is 6.00. The fraction of sp³-hybridized carbons (Fsp3) is 0.615. The molecular formula is C13H20N2. The van der Waals surface area contributed by atoms with Crippen LogP contribution in [0.5, 0.6) is 0 Å². The Morgan fingerprint density at radius 1 is 1.47 bits per heavy atom. The predicted molar refractivity (Wildman–Crippen MR) is 63.6 cm³/mol. The van der Waals surface area contributed by atoms with Crippen molar-refractivity contribution < 1.29 is 0 Å². The van der Waals surface area contributed by atoms with Crippen molar-refractivity contribution >= 4 is 5.69 Å². The SMILES string of the molecule is CCC1CCCC(c2cnccc2N)C1. The highest BCUT2D eigenvalue weighted by molar-refractivity contribution is 5.46. The third kappa shape index (κ3) is 2.31. The van der Waals surface area contributed by atoms with Gasteiger partial charge < -0.3 is 5.73 Å². The van der Waals surface area contributed by atoms with Crippen molar-refractivity contribution in [2.24, 2.45) is 5.92 Å². The van der Waals surface area contributed by atoms with Gasteiger partial charge in [0.1, 0.15) is 0 Å². The van der Waals surface area contributed by atoms with Gasteiger partial charge in [-0.05, 0) is 36.3 Å². The summed E-state index contributed by atoms with van der Waals surface area (Å²) in [5.41, 5.74) is 8.19. The van der Waals surface area contributed by atoms with Gasteiger partial charge in [-0.15, -0.1) is 0 Å². The minimum atomic E-state index is 0.650. The summed E-state index contributed by atoms with van der Waals surface area (Å²) < 4.78 is 0. The van der Waals surface area contributed by atoms with Crippen molar-refractivity contribution in [1.82, 2.24) is 4.98 Å². The van der Waals surface area contributed by atoms with E-state index in [2.05, 4.69) is 11.9 Å². The summed E-state index contributed by atoms with van der Waals surface area (Å²) in [5.74, 6) is 1.54. The molecule has 0 saturated heterocycles. The molecular weight excluding hydrogens is 184 g/mol. The summed E-state index contributed by atoms with van der Waals surface area (Å²) >= 11 is 0. The summed E-state index contributed by atoms with van der Waals surface area (Å²) in [6.07, 6.45) is 10.4. The monoisotopic (exact) mass is 204 g/mol. The Bertz CT molecular complexity index is 322. The molecule has 1 aromatic heterocycles. The Hall–Kier alpha value is -1.05. The quantitative estimate of drug-likeness (QED) is 0.802. The smallest absolute Gasteiger partial charge is 0.0380 e. The molecule has 2 unspecified atom stereocenters. The van der Waals surface area contributed by atoms with E-state index in [0.29, 0.717) is 5.92 Å². The Morgan fingerprint density at radius 2 is 2.33 bits per heavy atom. The van der Waals surface area contributed by atoms with Crippen LogP contribution in [0.25, 0.3) is 0 Å². The van der Waals surface area contributed by atoms with Crippen LogP contribution in [0.3, 0.4) is 0 Å². The molecule has 1 saturated carbocycles. The van der Waals surface area contributed by atoms with E-state index in [-0.39, 0.29) is 0 Å². The summed E-state index contributed by atoms with van der Waals surface area (Å²) in [5, 5.41) is 0. The molecule has 0 aliphatic heterocycles. The zero-order valence-electron chi connectivity index (χ0n) is 9.45. The molecule has 15 heavy (non-hydrogen) atoms. The topological polar surface area (TPSA) is 38.9 Å². The first-order chi connectivity index (χ1) is 7.31. The molecule has 1 aliphatic rings. The average Bonchev–Trinajstić information content (AvgIpc) is 2.30. The van der Waals surface area contributed by atoms with Gasteiger partial charge in [0, 0.05) is 18.1 Å². The number of nitrogens with zero attached hydrogens (tertiary/aromatic N) is 1. The number of nitrogens with two attached hydrogens (primary N) is 1. The lowest BCUT2D eigenvalue weighted by atomic mass is 9.77. The number of hydrogen-bond donors (Lipinski definition) is 1. The average molecular weight is 204 g/mol. The molecule has 1 aromatic rings. The van der Waals surface area contributed by atoms with Crippen LogP contribution in [0.2, 0.25) is 0 Å². The lowest BCUT2D eigenvalue weighted by Crippen LogP contribution is -2.14. The third-order valence-corrected chi connectivity index (χ3v) is 3.69. The number of anilines is 1. The molecule has 0 spiro atoms. The summed E-state index contributed by atoms with van der Waals surface area (Å²) in [7, 11) is 0. The van der Waals surface area contributed by atoms with Gasteiger partial charge in [0.15, 0.2) is 0 Å². The van der Waals surface area contributed by atoms with E-state index in [1.54, 1.807) is 6.20 Å². The number of pyridine rings is 1. The Morgan fingerprint density at radius 3 is 3.07 bits per heavy atom. The van der Waals surface area contributed by atoms with Gasteiger partial charge in [-0.2, -0.15) is 0 Å². The largest absolute Gasteiger partial charge is 0.398 e. The van der Waals surface area contributed by atoms with Gasteiger partial charge in [-0.3, -0.25) is 4.98 Å². The van der Waals surface area contributed by atoms with E-state index in [0.717, 1.165) is 11.6 Å². The zero-order chi connectivity index (χ0) is 10.7. The van der Waals surface area contributed by atoms with Crippen molar-refractivity contribution in [2.45, 2.75) is 44.9 Å². The summed E-state index contributed by atoms with van der Waals surface area (Å²) in [6.45, 7) is 2.29. The summed E-state index contributed by atoms with van der Waals surface area (Å²) in [4.78, 5) is 4.19. The van der Waals surface area contributed by atoms with Crippen molar-refractivity contribution in [2.75, 3.05) is 5.73 Å². The van der Waals surface area contributed by atoms with E-state index in [1.807, 2.05) is 12.3 Å². The molecule has 1 heterocycles. The van der Waals surface area contributed by atoms with E-state index >= 15 is 0 Å². The van der Waals surface area contributed by atoms with Gasteiger partial charge >= 0.3 is 0 Å². The number of rotatable bonds is 2. The second kappa shape index (κ2) is 4.65. The molecule has 0 radical (unpaired) electrons. The van der Waals surface area contributed by atoms with Crippen molar-refractivity contribution in [3.8, 4) is 0 Å². The van der Waals surface area contributed by atoms with Crippen LogP contribution in [0, 0.1) is 5.92 Å². The Balaban J connectivity index is 2.13. The van der Waals surface area contributed by atoms with Crippen LogP contribution < -0.4 is 5.73 Å². The van der Waals surface area contributed by atoms with E-state index in [9.17, 15) is 0 Å². The van der Waals surface area contributed by atoms with Crippen molar-refractivity contribution in [1.29, 1.82) is 0 Å². The molecule has 0 bridgehead atoms. The molecule has 0 amide bonds. The van der Waals surface area contributed by atoms with E-state index in [1.165, 1.54) is 37.7 Å². The number of nitrogen functional groups attached to an aromatic ring is 1. The molecule has 2 nitrogen and oxygen atoms in total. The minimum absolute atomic E-state index is 0.650. The molecule has 2 heteroatoms. The Labute approximate surface area is 91.9 Å². The van der Waals surface area contributed by atoms with Crippen LogP contribution >= 0.6 is 0 Å². The van der Waals surface area contributed by atoms with Gasteiger partial charge in [-0.25, -0.2) is 0 Å². The Kier molecular flexibility index (Phi) is 3.24. The maximum atomic E-state index is 6.00. The fourth-order valence-electron chi connectivity index (χ4n) is 2.70. The van der Waals surface area contributed by atoms with Crippen molar-refractivity contribution in [3.63, 3.8) is 0 Å². The first-order valence-corrected chi connectivity index (χ1v) is 6.00. The maximum absolute atomic E-state index is 6.00. The standard InChI is InChI=1S/C13H20N2/c1-2-10-4-3-5-11(8-10)12-9-15-7-6-13(12)14/h6-7,9-11H,2-5,8H2,1H3,(H2,14,15). The van der Waals surface area contributed by atoms with Crippen LogP contribution in [-0.2, 0) is 0 Å². The molecule has 2 N–H and O–H groups in total. The van der Waals surface area contributed by atoms with Crippen molar-refractivity contribution in [3.05, 3.63) is 24.0 Å². The molecule has 1 fully saturated rings. The third-order valence-electron chi connectivity index (χ3n) is 3.69. The molecule has 2 atom stereocenters. The van der Waals surface area contributed by atoms with Crippen LogP contribution in [0.1, 0.15) is 50.5 Å². The van der Waals surface area contributed by atoms with Gasteiger partial charge in [0.05, 0.1) is 0 Å². The van der Waals surface area contributed by atoms with Crippen LogP contribution in [-0.4, -0.2) is 4.98 Å². The lowest BCUT2D eigenvalue weighted by molar-refractivity contribution is 0.314. The number of aromatic nitrogens is 1. The van der Waals surface area contributed by atoms with E-state index < -0.39 is 0 Å². The fourth-order valence-corrected chi connectivity index (χ4v) is 2.70. The van der Waals surface area contributed by atoms with Gasteiger partial charge in [0.2, 0.25) is 0 Å². The highest BCUT2D eigenvalue weighted by Gasteiger charge is 2.23. The maximum Gasteiger partial charge on any atom is 0.0380 e. The molecule has 0 aromatic carbocycles. The normalized spacial score (nSPS) is 26.5. The van der Waals surface area contributed by atoms with Crippen LogP contribution in [0.15, 0.2) is 18.5 Å². The number of hydrogen-bond acceptors (Lipinski definition) is 2. The molecule has 2 rings (SSSR count). The van der Waals surface area contributed by atoms with E-state index in [4.69, 9.17) is 5.73 Å². The first kappa shape index (κ1) is 10.5. The molecule has 82 valence electrons. The molecule has 1 aliphatic carbocycles. The zero-order valence-corrected chi connectivity index (χ0v) is 9.45. The minimum Gasteiger partial charge on any atom is -0.398 e.